The Hall–Kier alpha value is -3.42. The Bertz CT molecular complexity index is 870. The van der Waals surface area contributed by atoms with Gasteiger partial charge in [0.2, 0.25) is 5.91 Å². The van der Waals surface area contributed by atoms with Crippen LogP contribution in [-0.2, 0) is 11.3 Å². The predicted molar refractivity (Wildman–Crippen MR) is 97.0 cm³/mol. The van der Waals surface area contributed by atoms with Gasteiger partial charge in [-0.2, -0.15) is 5.10 Å². The quantitative estimate of drug-likeness (QED) is 0.635. The number of aromatic nitrogens is 4. The van der Waals surface area contributed by atoms with E-state index in [0.29, 0.717) is 12.4 Å². The van der Waals surface area contributed by atoms with Gasteiger partial charge in [0.1, 0.15) is 5.82 Å². The van der Waals surface area contributed by atoms with Crippen LogP contribution in [0.25, 0.3) is 5.69 Å². The molecule has 0 unspecified atom stereocenters. The monoisotopic (exact) mass is 352 g/mol. The molecule has 2 heterocycles. The number of aryl methyl sites for hydroxylation is 1. The molecule has 8 nitrogen and oxygen atoms in total. The molecule has 0 aliphatic carbocycles. The number of hydrogen-bond acceptors (Lipinski definition) is 4. The Morgan fingerprint density at radius 2 is 2.00 bits per heavy atom. The SMILES string of the molecule is CC(=O)Nc1cc(C(=O)NCCCn2ccnc2)nn1-c1ccccc1. The Balaban J connectivity index is 1.67. The molecular formula is C18H20N6O2. The lowest BCUT2D eigenvalue weighted by atomic mass is 10.3. The highest BCUT2D eigenvalue weighted by atomic mass is 16.2. The van der Waals surface area contributed by atoms with Gasteiger partial charge in [-0.05, 0) is 18.6 Å². The smallest absolute Gasteiger partial charge is 0.271 e. The minimum absolute atomic E-state index is 0.227. The first-order chi connectivity index (χ1) is 12.6. The van der Waals surface area contributed by atoms with Crippen LogP contribution in [0.3, 0.4) is 0 Å². The van der Waals surface area contributed by atoms with Gasteiger partial charge in [-0.25, -0.2) is 9.67 Å². The van der Waals surface area contributed by atoms with Crippen LogP contribution in [0.2, 0.25) is 0 Å². The zero-order valence-corrected chi connectivity index (χ0v) is 14.4. The van der Waals surface area contributed by atoms with Crippen molar-refractivity contribution in [3.05, 3.63) is 60.8 Å². The zero-order valence-electron chi connectivity index (χ0n) is 14.4. The van der Waals surface area contributed by atoms with Gasteiger partial charge in [0.15, 0.2) is 5.69 Å². The minimum atomic E-state index is -0.281. The number of carbonyl (C=O) groups excluding carboxylic acids is 2. The molecule has 2 amide bonds. The number of nitrogens with zero attached hydrogens (tertiary/aromatic N) is 4. The molecule has 8 heteroatoms. The second-order valence-electron chi connectivity index (χ2n) is 5.75. The molecule has 3 aromatic rings. The normalized spacial score (nSPS) is 10.5. The highest BCUT2D eigenvalue weighted by Crippen LogP contribution is 2.17. The van der Waals surface area contributed by atoms with E-state index in [1.165, 1.54) is 6.92 Å². The second-order valence-corrected chi connectivity index (χ2v) is 5.75. The van der Waals surface area contributed by atoms with E-state index in [-0.39, 0.29) is 17.5 Å². The largest absolute Gasteiger partial charge is 0.351 e. The van der Waals surface area contributed by atoms with Crippen LogP contribution in [0, 0.1) is 0 Å². The lowest BCUT2D eigenvalue weighted by molar-refractivity contribution is -0.114. The fraction of sp³-hybridized carbons (Fsp3) is 0.222. The molecular weight excluding hydrogens is 332 g/mol. The summed E-state index contributed by atoms with van der Waals surface area (Å²) < 4.78 is 3.49. The van der Waals surface area contributed by atoms with Crippen molar-refractivity contribution >= 4 is 17.6 Å². The van der Waals surface area contributed by atoms with Crippen molar-refractivity contribution in [2.24, 2.45) is 0 Å². The third kappa shape index (κ3) is 4.35. The number of anilines is 1. The van der Waals surface area contributed by atoms with Crippen LogP contribution in [0.4, 0.5) is 5.82 Å². The van der Waals surface area contributed by atoms with E-state index in [1.54, 1.807) is 23.3 Å². The molecule has 0 saturated carbocycles. The first-order valence-corrected chi connectivity index (χ1v) is 8.30. The molecule has 3 rings (SSSR count). The molecule has 0 spiro atoms. The van der Waals surface area contributed by atoms with Crippen molar-refractivity contribution in [2.45, 2.75) is 19.9 Å². The molecule has 0 radical (unpaired) electrons. The number of para-hydroxylation sites is 1. The van der Waals surface area contributed by atoms with Crippen molar-refractivity contribution < 1.29 is 9.59 Å². The number of carbonyl (C=O) groups is 2. The van der Waals surface area contributed by atoms with Crippen molar-refractivity contribution in [1.29, 1.82) is 0 Å². The van der Waals surface area contributed by atoms with Crippen molar-refractivity contribution in [3.8, 4) is 5.69 Å². The maximum Gasteiger partial charge on any atom is 0.271 e. The number of rotatable bonds is 7. The van der Waals surface area contributed by atoms with Gasteiger partial charge < -0.3 is 15.2 Å². The van der Waals surface area contributed by atoms with Gasteiger partial charge in [0, 0.05) is 38.5 Å². The van der Waals surface area contributed by atoms with Crippen LogP contribution in [0.15, 0.2) is 55.1 Å². The summed E-state index contributed by atoms with van der Waals surface area (Å²) in [5, 5.41) is 9.89. The summed E-state index contributed by atoms with van der Waals surface area (Å²) in [6, 6.07) is 10.9. The number of hydrogen-bond donors (Lipinski definition) is 2. The van der Waals surface area contributed by atoms with E-state index in [9.17, 15) is 9.59 Å². The van der Waals surface area contributed by atoms with Crippen LogP contribution < -0.4 is 10.6 Å². The molecule has 2 N–H and O–H groups in total. The summed E-state index contributed by atoms with van der Waals surface area (Å²) in [6.07, 6.45) is 6.12. The third-order valence-corrected chi connectivity index (χ3v) is 3.68. The van der Waals surface area contributed by atoms with Crippen molar-refractivity contribution in [3.63, 3.8) is 0 Å². The van der Waals surface area contributed by atoms with Gasteiger partial charge in [-0.1, -0.05) is 18.2 Å². The Labute approximate surface area is 150 Å². The third-order valence-electron chi connectivity index (χ3n) is 3.68. The summed E-state index contributed by atoms with van der Waals surface area (Å²) >= 11 is 0. The maximum absolute atomic E-state index is 12.4. The number of benzene rings is 1. The average Bonchev–Trinajstić information content (AvgIpc) is 3.29. The Morgan fingerprint density at radius 1 is 1.19 bits per heavy atom. The van der Waals surface area contributed by atoms with Gasteiger partial charge in [-0.3, -0.25) is 9.59 Å². The van der Waals surface area contributed by atoms with Crippen molar-refractivity contribution in [2.75, 3.05) is 11.9 Å². The number of amides is 2. The fourth-order valence-electron chi connectivity index (χ4n) is 2.50. The highest BCUT2D eigenvalue weighted by molar-refractivity contribution is 5.95. The first kappa shape index (κ1) is 17.4. The standard InChI is InChI=1S/C18H20N6O2/c1-14(25)21-17-12-16(22-24(17)15-6-3-2-4-7-15)18(26)20-8-5-10-23-11-9-19-13-23/h2-4,6-7,9,11-13H,5,8,10H2,1H3,(H,20,26)(H,21,25). The van der Waals surface area contributed by atoms with E-state index in [0.717, 1.165) is 18.7 Å². The number of nitrogens with one attached hydrogen (secondary N) is 2. The predicted octanol–water partition coefficient (Wildman–Crippen LogP) is 1.85. The summed E-state index contributed by atoms with van der Waals surface area (Å²) in [7, 11) is 0. The van der Waals surface area contributed by atoms with Crippen LogP contribution in [0.5, 0.6) is 0 Å². The number of imidazole rings is 1. The van der Waals surface area contributed by atoms with Gasteiger partial charge in [-0.15, -0.1) is 0 Å². The van der Waals surface area contributed by atoms with E-state index in [2.05, 4.69) is 20.7 Å². The zero-order chi connectivity index (χ0) is 18.4. The highest BCUT2D eigenvalue weighted by Gasteiger charge is 2.15. The van der Waals surface area contributed by atoms with E-state index in [4.69, 9.17) is 0 Å². The molecule has 0 fully saturated rings. The van der Waals surface area contributed by atoms with Crippen LogP contribution >= 0.6 is 0 Å². The minimum Gasteiger partial charge on any atom is -0.351 e. The summed E-state index contributed by atoms with van der Waals surface area (Å²) in [5.74, 6) is -0.0569. The molecule has 0 bridgehead atoms. The van der Waals surface area contributed by atoms with Crippen LogP contribution in [-0.4, -0.2) is 37.7 Å². The Kier molecular flexibility index (Phi) is 5.43. The Morgan fingerprint density at radius 3 is 2.69 bits per heavy atom. The molecule has 26 heavy (non-hydrogen) atoms. The van der Waals surface area contributed by atoms with Gasteiger partial charge in [0.05, 0.1) is 12.0 Å². The summed E-state index contributed by atoms with van der Waals surface area (Å²) in [4.78, 5) is 27.8. The lowest BCUT2D eigenvalue weighted by Crippen LogP contribution is -2.25. The van der Waals surface area contributed by atoms with E-state index < -0.39 is 0 Å². The maximum atomic E-state index is 12.4. The molecule has 2 aromatic heterocycles. The second kappa shape index (κ2) is 8.11. The topological polar surface area (TPSA) is 93.8 Å². The van der Waals surface area contributed by atoms with E-state index >= 15 is 0 Å². The molecule has 0 aliphatic heterocycles. The molecule has 0 atom stereocenters. The summed E-state index contributed by atoms with van der Waals surface area (Å²) in [6.45, 7) is 2.71. The van der Waals surface area contributed by atoms with E-state index in [1.807, 2.05) is 41.1 Å². The van der Waals surface area contributed by atoms with Gasteiger partial charge in [0.25, 0.3) is 5.91 Å². The van der Waals surface area contributed by atoms with Gasteiger partial charge >= 0.3 is 0 Å². The first-order valence-electron chi connectivity index (χ1n) is 8.30. The molecule has 0 aliphatic rings. The molecule has 1 aromatic carbocycles. The molecule has 134 valence electrons. The fourth-order valence-corrected chi connectivity index (χ4v) is 2.50. The van der Waals surface area contributed by atoms with Crippen LogP contribution in [0.1, 0.15) is 23.8 Å². The summed E-state index contributed by atoms with van der Waals surface area (Å²) in [5.41, 5.74) is 1.01. The lowest BCUT2D eigenvalue weighted by Gasteiger charge is -2.06. The van der Waals surface area contributed by atoms with Crippen molar-refractivity contribution in [1.82, 2.24) is 24.6 Å². The molecule has 0 saturated heterocycles. The average molecular weight is 352 g/mol.